The molecule has 1 amide bonds. The molecule has 0 aliphatic carbocycles. The summed E-state index contributed by atoms with van der Waals surface area (Å²) in [5.41, 5.74) is 2.40. The molecule has 110 valence electrons. The first-order valence-corrected chi connectivity index (χ1v) is 6.92. The number of benzene rings is 1. The monoisotopic (exact) mass is 293 g/mol. The lowest BCUT2D eigenvalue weighted by Gasteiger charge is -2.05. The molecular formula is C17H15N3O2. The number of pyridine rings is 1. The second kappa shape index (κ2) is 6.22. The predicted octanol–water partition coefficient (Wildman–Crippen LogP) is 2.98. The number of carbonyl (C=O) groups is 1. The van der Waals surface area contributed by atoms with Crippen LogP contribution in [0.1, 0.15) is 21.7 Å². The van der Waals surface area contributed by atoms with Gasteiger partial charge >= 0.3 is 0 Å². The Morgan fingerprint density at radius 1 is 1.18 bits per heavy atom. The number of amides is 1. The summed E-state index contributed by atoms with van der Waals surface area (Å²) in [5, 5.41) is 2.86. The van der Waals surface area contributed by atoms with E-state index < -0.39 is 0 Å². The maximum absolute atomic E-state index is 12.1. The van der Waals surface area contributed by atoms with E-state index in [1.807, 2.05) is 31.2 Å². The van der Waals surface area contributed by atoms with Gasteiger partial charge in [-0.15, -0.1) is 0 Å². The molecule has 0 bridgehead atoms. The number of nitrogens with zero attached hydrogens (tertiary/aromatic N) is 2. The first kappa shape index (κ1) is 14.0. The van der Waals surface area contributed by atoms with Crippen LogP contribution in [0.15, 0.2) is 59.4 Å². The smallest absolute Gasteiger partial charge is 0.251 e. The largest absolute Gasteiger partial charge is 0.441 e. The molecule has 22 heavy (non-hydrogen) atoms. The van der Waals surface area contributed by atoms with Crippen molar-refractivity contribution in [2.45, 2.75) is 13.5 Å². The number of aromatic nitrogens is 2. The number of hydrogen-bond donors (Lipinski definition) is 1. The van der Waals surface area contributed by atoms with Gasteiger partial charge in [0, 0.05) is 30.1 Å². The molecule has 3 aromatic rings. The van der Waals surface area contributed by atoms with Crippen molar-refractivity contribution in [3.63, 3.8) is 0 Å². The summed E-state index contributed by atoms with van der Waals surface area (Å²) in [5.74, 6) is 1.19. The minimum Gasteiger partial charge on any atom is -0.441 e. The van der Waals surface area contributed by atoms with Crippen molar-refractivity contribution in [3.05, 3.63) is 71.9 Å². The molecule has 0 unspecified atom stereocenters. The molecule has 0 fully saturated rings. The predicted molar refractivity (Wildman–Crippen MR) is 82.1 cm³/mol. The van der Waals surface area contributed by atoms with Crippen LogP contribution in [0, 0.1) is 6.92 Å². The molecule has 0 atom stereocenters. The number of aryl methyl sites for hydroxylation is 1. The van der Waals surface area contributed by atoms with Crippen molar-refractivity contribution in [2.75, 3.05) is 0 Å². The van der Waals surface area contributed by atoms with Crippen LogP contribution in [0.25, 0.3) is 11.5 Å². The lowest BCUT2D eigenvalue weighted by Crippen LogP contribution is -2.22. The third-order valence-electron chi connectivity index (χ3n) is 3.19. The topological polar surface area (TPSA) is 68.0 Å². The van der Waals surface area contributed by atoms with E-state index in [4.69, 9.17) is 4.42 Å². The minimum atomic E-state index is -0.126. The second-order valence-electron chi connectivity index (χ2n) is 4.90. The fourth-order valence-electron chi connectivity index (χ4n) is 2.04. The Labute approximate surface area is 128 Å². The van der Waals surface area contributed by atoms with Crippen molar-refractivity contribution < 1.29 is 9.21 Å². The van der Waals surface area contributed by atoms with E-state index in [0.29, 0.717) is 18.0 Å². The zero-order valence-corrected chi connectivity index (χ0v) is 12.1. The Kier molecular flexibility index (Phi) is 3.96. The maximum Gasteiger partial charge on any atom is 0.251 e. The van der Waals surface area contributed by atoms with E-state index in [1.165, 1.54) is 0 Å². The highest BCUT2D eigenvalue weighted by molar-refractivity contribution is 5.94. The molecule has 5 heteroatoms. The summed E-state index contributed by atoms with van der Waals surface area (Å²) in [6.07, 6.45) is 5.10. The Hall–Kier alpha value is -2.95. The number of carbonyl (C=O) groups excluding carboxylic acids is 1. The molecule has 0 spiro atoms. The zero-order chi connectivity index (χ0) is 15.4. The van der Waals surface area contributed by atoms with Crippen LogP contribution in [0.5, 0.6) is 0 Å². The van der Waals surface area contributed by atoms with E-state index in [9.17, 15) is 4.79 Å². The third kappa shape index (κ3) is 3.20. The summed E-state index contributed by atoms with van der Waals surface area (Å²) in [4.78, 5) is 20.3. The van der Waals surface area contributed by atoms with Gasteiger partial charge in [-0.1, -0.05) is 6.07 Å². The molecule has 0 aliphatic heterocycles. The first-order valence-electron chi connectivity index (χ1n) is 6.92. The van der Waals surface area contributed by atoms with Gasteiger partial charge in [-0.2, -0.15) is 0 Å². The average molecular weight is 293 g/mol. The maximum atomic E-state index is 12.1. The van der Waals surface area contributed by atoms with Crippen LogP contribution in [0.4, 0.5) is 0 Å². The van der Waals surface area contributed by atoms with E-state index in [1.54, 1.807) is 30.7 Å². The van der Waals surface area contributed by atoms with Gasteiger partial charge in [0.15, 0.2) is 0 Å². The molecule has 5 nitrogen and oxygen atoms in total. The van der Waals surface area contributed by atoms with E-state index in [-0.39, 0.29) is 5.91 Å². The third-order valence-corrected chi connectivity index (χ3v) is 3.19. The summed E-state index contributed by atoms with van der Waals surface area (Å²) in [6.45, 7) is 2.30. The quantitative estimate of drug-likeness (QED) is 0.803. The van der Waals surface area contributed by atoms with Crippen LogP contribution >= 0.6 is 0 Å². The number of hydrogen-bond acceptors (Lipinski definition) is 4. The van der Waals surface area contributed by atoms with Crippen LogP contribution < -0.4 is 5.32 Å². The molecule has 3 rings (SSSR count). The number of nitrogens with one attached hydrogen (secondary N) is 1. The molecule has 0 saturated carbocycles. The van der Waals surface area contributed by atoms with Gasteiger partial charge in [0.05, 0.1) is 6.20 Å². The molecule has 1 N–H and O–H groups in total. The van der Waals surface area contributed by atoms with Crippen molar-refractivity contribution in [1.29, 1.82) is 0 Å². The van der Waals surface area contributed by atoms with Gasteiger partial charge in [-0.3, -0.25) is 9.78 Å². The lowest BCUT2D eigenvalue weighted by atomic mass is 10.1. The average Bonchev–Trinajstić information content (AvgIpc) is 3.00. The normalized spacial score (nSPS) is 10.4. The molecule has 2 aromatic heterocycles. The van der Waals surface area contributed by atoms with Gasteiger partial charge in [0.2, 0.25) is 5.89 Å². The molecule has 1 aromatic carbocycles. The summed E-state index contributed by atoms with van der Waals surface area (Å²) in [7, 11) is 0. The molecule has 2 heterocycles. The standard InChI is InChI=1S/C17H15N3O2/c1-12-9-20-17(22-12)15-6-4-14(5-7-15)16(21)19-11-13-3-2-8-18-10-13/h2-10H,11H2,1H3,(H,19,21). The SMILES string of the molecule is Cc1cnc(-c2ccc(C(=O)NCc3cccnc3)cc2)o1. The molecular weight excluding hydrogens is 278 g/mol. The fourth-order valence-corrected chi connectivity index (χ4v) is 2.04. The second-order valence-corrected chi connectivity index (χ2v) is 4.90. The van der Waals surface area contributed by atoms with Gasteiger partial charge in [-0.05, 0) is 42.8 Å². The van der Waals surface area contributed by atoms with Gasteiger partial charge in [0.1, 0.15) is 5.76 Å². The van der Waals surface area contributed by atoms with E-state index in [2.05, 4.69) is 15.3 Å². The number of oxazole rings is 1. The summed E-state index contributed by atoms with van der Waals surface area (Å²) < 4.78 is 5.46. The summed E-state index contributed by atoms with van der Waals surface area (Å²) in [6, 6.07) is 10.9. The van der Waals surface area contributed by atoms with Crippen molar-refractivity contribution in [3.8, 4) is 11.5 Å². The van der Waals surface area contributed by atoms with Crippen LogP contribution in [-0.2, 0) is 6.54 Å². The van der Waals surface area contributed by atoms with Crippen molar-refractivity contribution in [2.24, 2.45) is 0 Å². The fraction of sp³-hybridized carbons (Fsp3) is 0.118. The molecule has 0 radical (unpaired) electrons. The molecule has 0 aliphatic rings. The highest BCUT2D eigenvalue weighted by Crippen LogP contribution is 2.19. The molecule has 0 saturated heterocycles. The van der Waals surface area contributed by atoms with E-state index in [0.717, 1.165) is 16.9 Å². The highest BCUT2D eigenvalue weighted by Gasteiger charge is 2.08. The van der Waals surface area contributed by atoms with Gasteiger partial charge in [-0.25, -0.2) is 4.98 Å². The van der Waals surface area contributed by atoms with Gasteiger partial charge < -0.3 is 9.73 Å². The van der Waals surface area contributed by atoms with E-state index >= 15 is 0 Å². The summed E-state index contributed by atoms with van der Waals surface area (Å²) >= 11 is 0. The van der Waals surface area contributed by atoms with Gasteiger partial charge in [0.25, 0.3) is 5.91 Å². The first-order chi connectivity index (χ1) is 10.7. The zero-order valence-electron chi connectivity index (χ0n) is 12.1. The van der Waals surface area contributed by atoms with Crippen molar-refractivity contribution in [1.82, 2.24) is 15.3 Å². The lowest BCUT2D eigenvalue weighted by molar-refractivity contribution is 0.0951. The van der Waals surface area contributed by atoms with Crippen LogP contribution in [0.2, 0.25) is 0 Å². The minimum absolute atomic E-state index is 0.126. The highest BCUT2D eigenvalue weighted by atomic mass is 16.4. The van der Waals surface area contributed by atoms with Crippen LogP contribution in [-0.4, -0.2) is 15.9 Å². The Balaban J connectivity index is 1.66. The van der Waals surface area contributed by atoms with Crippen molar-refractivity contribution >= 4 is 5.91 Å². The Morgan fingerprint density at radius 2 is 2.00 bits per heavy atom. The Bertz CT molecular complexity index is 764. The van der Waals surface area contributed by atoms with Crippen LogP contribution in [0.3, 0.4) is 0 Å². The number of rotatable bonds is 4. The Morgan fingerprint density at radius 3 is 2.64 bits per heavy atom.